The van der Waals surface area contributed by atoms with Crippen molar-refractivity contribution in [2.75, 3.05) is 26.2 Å². The van der Waals surface area contributed by atoms with Crippen LogP contribution in [0.15, 0.2) is 24.3 Å². The van der Waals surface area contributed by atoms with Crippen LogP contribution in [0.3, 0.4) is 0 Å². The van der Waals surface area contributed by atoms with Gasteiger partial charge in [-0.2, -0.15) is 13.2 Å². The number of rotatable bonds is 4. The number of hydrogen-bond donors (Lipinski definition) is 2. The first kappa shape index (κ1) is 15.1. The molecule has 6 heteroatoms. The highest BCUT2D eigenvalue weighted by Crippen LogP contribution is 2.32. The molecule has 3 nitrogen and oxygen atoms in total. The van der Waals surface area contributed by atoms with Gasteiger partial charge in [0.25, 0.3) is 0 Å². The van der Waals surface area contributed by atoms with E-state index >= 15 is 0 Å². The average Bonchev–Trinajstić information content (AvgIpc) is 2.39. The third-order valence-electron chi connectivity index (χ3n) is 3.55. The smallest absolute Gasteiger partial charge is 0.389 e. The van der Waals surface area contributed by atoms with Crippen LogP contribution in [0.1, 0.15) is 24.4 Å². The Bertz CT molecular complexity index is 431. The standard InChI is InChI=1S/C14H19F3N2O/c15-14(16,17)5-4-13(19-8-6-18-7-9-19)11-2-1-3-12(20)10-11/h1-3,10,13,18,20H,4-9H2/t13-/m1/s1. The van der Waals surface area contributed by atoms with Crippen molar-refractivity contribution < 1.29 is 18.3 Å². The zero-order valence-electron chi connectivity index (χ0n) is 11.2. The minimum atomic E-state index is -4.15. The molecule has 0 spiro atoms. The maximum absolute atomic E-state index is 12.5. The van der Waals surface area contributed by atoms with Crippen molar-refractivity contribution >= 4 is 0 Å². The summed E-state index contributed by atoms with van der Waals surface area (Å²) in [5.74, 6) is 0.0923. The van der Waals surface area contributed by atoms with E-state index in [1.165, 1.54) is 6.07 Å². The first-order valence-electron chi connectivity index (χ1n) is 6.76. The Morgan fingerprint density at radius 2 is 1.95 bits per heavy atom. The molecule has 0 saturated carbocycles. The van der Waals surface area contributed by atoms with Crippen molar-refractivity contribution in [2.24, 2.45) is 0 Å². The topological polar surface area (TPSA) is 35.5 Å². The van der Waals surface area contributed by atoms with Crippen molar-refractivity contribution in [3.05, 3.63) is 29.8 Å². The van der Waals surface area contributed by atoms with Gasteiger partial charge in [-0.3, -0.25) is 4.90 Å². The molecule has 1 aliphatic rings. The predicted octanol–water partition coefficient (Wildman–Crippen LogP) is 2.68. The maximum atomic E-state index is 12.5. The van der Waals surface area contributed by atoms with Gasteiger partial charge in [-0.05, 0) is 24.1 Å². The van der Waals surface area contributed by atoms with Crippen LogP contribution in [0.4, 0.5) is 13.2 Å². The molecule has 2 rings (SSSR count). The Labute approximate surface area is 116 Å². The molecule has 0 radical (unpaired) electrons. The van der Waals surface area contributed by atoms with E-state index in [0.717, 1.165) is 31.7 Å². The molecule has 0 aliphatic carbocycles. The highest BCUT2D eigenvalue weighted by molar-refractivity contribution is 5.29. The zero-order chi connectivity index (χ0) is 14.6. The first-order chi connectivity index (χ1) is 9.46. The molecule has 1 aliphatic heterocycles. The molecule has 1 aromatic carbocycles. The number of nitrogens with zero attached hydrogens (tertiary/aromatic N) is 1. The van der Waals surface area contributed by atoms with Gasteiger partial charge in [-0.1, -0.05) is 12.1 Å². The number of hydrogen-bond acceptors (Lipinski definition) is 3. The van der Waals surface area contributed by atoms with Gasteiger partial charge in [0.05, 0.1) is 0 Å². The number of phenolic OH excluding ortho intramolecular Hbond substituents is 1. The fourth-order valence-electron chi connectivity index (χ4n) is 2.59. The van der Waals surface area contributed by atoms with Gasteiger partial charge in [-0.25, -0.2) is 0 Å². The van der Waals surface area contributed by atoms with Crippen LogP contribution in [0, 0.1) is 0 Å². The zero-order valence-corrected chi connectivity index (χ0v) is 11.2. The summed E-state index contributed by atoms with van der Waals surface area (Å²) in [6.45, 7) is 3.00. The Morgan fingerprint density at radius 3 is 2.55 bits per heavy atom. The van der Waals surface area contributed by atoms with Crippen LogP contribution in [0.25, 0.3) is 0 Å². The lowest BCUT2D eigenvalue weighted by molar-refractivity contribution is -0.138. The Hall–Kier alpha value is -1.27. The lowest BCUT2D eigenvalue weighted by atomic mass is 9.99. The van der Waals surface area contributed by atoms with Crippen molar-refractivity contribution in [3.8, 4) is 5.75 Å². The van der Waals surface area contributed by atoms with Crippen molar-refractivity contribution in [1.82, 2.24) is 10.2 Å². The molecule has 1 heterocycles. The number of halogens is 3. The average molecular weight is 288 g/mol. The Balaban J connectivity index is 2.14. The largest absolute Gasteiger partial charge is 0.508 e. The fraction of sp³-hybridized carbons (Fsp3) is 0.571. The van der Waals surface area contributed by atoms with Gasteiger partial charge in [0.15, 0.2) is 0 Å². The summed E-state index contributed by atoms with van der Waals surface area (Å²) < 4.78 is 37.5. The van der Waals surface area contributed by atoms with Crippen LogP contribution < -0.4 is 5.32 Å². The van der Waals surface area contributed by atoms with E-state index < -0.39 is 12.6 Å². The van der Waals surface area contributed by atoms with Gasteiger partial charge in [0.1, 0.15) is 5.75 Å². The molecule has 0 aromatic heterocycles. The van der Waals surface area contributed by atoms with Crippen LogP contribution in [-0.4, -0.2) is 42.4 Å². The third-order valence-corrected chi connectivity index (χ3v) is 3.55. The van der Waals surface area contributed by atoms with Gasteiger partial charge in [-0.15, -0.1) is 0 Å². The molecule has 0 bridgehead atoms. The van der Waals surface area contributed by atoms with Crippen LogP contribution in [0.2, 0.25) is 0 Å². The molecule has 112 valence electrons. The summed E-state index contributed by atoms with van der Waals surface area (Å²) >= 11 is 0. The summed E-state index contributed by atoms with van der Waals surface area (Å²) in [6.07, 6.45) is -4.94. The van der Waals surface area contributed by atoms with Crippen LogP contribution in [-0.2, 0) is 0 Å². The number of aromatic hydroxyl groups is 1. The first-order valence-corrected chi connectivity index (χ1v) is 6.76. The summed E-state index contributed by atoms with van der Waals surface area (Å²) in [5, 5.41) is 12.7. The highest BCUT2D eigenvalue weighted by Gasteiger charge is 2.31. The SMILES string of the molecule is Oc1cccc([C@@H](CCC(F)(F)F)N2CCNCC2)c1. The monoisotopic (exact) mass is 288 g/mol. The predicted molar refractivity (Wildman–Crippen MR) is 70.6 cm³/mol. The summed E-state index contributed by atoms with van der Waals surface area (Å²) in [5.41, 5.74) is 0.746. The summed E-state index contributed by atoms with van der Waals surface area (Å²) in [4.78, 5) is 2.05. The lowest BCUT2D eigenvalue weighted by Gasteiger charge is -2.35. The summed E-state index contributed by atoms with van der Waals surface area (Å²) in [6, 6.07) is 6.24. The number of benzene rings is 1. The lowest BCUT2D eigenvalue weighted by Crippen LogP contribution is -2.45. The second-order valence-corrected chi connectivity index (χ2v) is 5.05. The van der Waals surface area contributed by atoms with E-state index in [0.29, 0.717) is 0 Å². The van der Waals surface area contributed by atoms with Crippen molar-refractivity contribution in [3.63, 3.8) is 0 Å². The molecule has 1 fully saturated rings. The molecule has 0 amide bonds. The van der Waals surface area contributed by atoms with E-state index in [-0.39, 0.29) is 18.2 Å². The minimum Gasteiger partial charge on any atom is -0.508 e. The molecule has 20 heavy (non-hydrogen) atoms. The van der Waals surface area contributed by atoms with E-state index in [1.54, 1.807) is 18.2 Å². The fourth-order valence-corrected chi connectivity index (χ4v) is 2.59. The van der Waals surface area contributed by atoms with Gasteiger partial charge < -0.3 is 10.4 Å². The van der Waals surface area contributed by atoms with Gasteiger partial charge in [0.2, 0.25) is 0 Å². The molecule has 1 saturated heterocycles. The minimum absolute atomic E-state index is 0.0208. The molecule has 1 aromatic rings. The normalized spacial score (nSPS) is 18.9. The van der Waals surface area contributed by atoms with Gasteiger partial charge in [0, 0.05) is 38.6 Å². The number of alkyl halides is 3. The van der Waals surface area contributed by atoms with Crippen molar-refractivity contribution in [1.29, 1.82) is 0 Å². The molecule has 1 atom stereocenters. The second-order valence-electron chi connectivity index (χ2n) is 5.05. The quantitative estimate of drug-likeness (QED) is 0.894. The van der Waals surface area contributed by atoms with Crippen molar-refractivity contribution in [2.45, 2.75) is 25.1 Å². The Morgan fingerprint density at radius 1 is 1.25 bits per heavy atom. The van der Waals surface area contributed by atoms with Gasteiger partial charge >= 0.3 is 6.18 Å². The second kappa shape index (κ2) is 6.45. The number of phenols is 1. The number of nitrogens with one attached hydrogen (secondary N) is 1. The molecular weight excluding hydrogens is 269 g/mol. The number of piperazine rings is 1. The van der Waals surface area contributed by atoms with E-state index in [9.17, 15) is 18.3 Å². The molecular formula is C14H19F3N2O. The van der Waals surface area contributed by atoms with Crippen LogP contribution >= 0.6 is 0 Å². The maximum Gasteiger partial charge on any atom is 0.389 e. The van der Waals surface area contributed by atoms with E-state index in [4.69, 9.17) is 0 Å². The highest BCUT2D eigenvalue weighted by atomic mass is 19.4. The summed E-state index contributed by atoms with van der Waals surface area (Å²) in [7, 11) is 0. The molecule has 2 N–H and O–H groups in total. The van der Waals surface area contributed by atoms with E-state index in [2.05, 4.69) is 10.2 Å². The molecule has 0 unspecified atom stereocenters. The Kier molecular flexibility index (Phi) is 4.88. The van der Waals surface area contributed by atoms with E-state index in [1.807, 2.05) is 0 Å². The third kappa shape index (κ3) is 4.38. The van der Waals surface area contributed by atoms with Crippen LogP contribution in [0.5, 0.6) is 5.75 Å².